The molecule has 4 N–H and O–H groups in total. The number of rotatable bonds is 9. The molecule has 3 aromatic rings. The summed E-state index contributed by atoms with van der Waals surface area (Å²) in [6.07, 6.45) is 0.806. The van der Waals surface area contributed by atoms with Crippen molar-refractivity contribution in [2.45, 2.75) is 0 Å². The van der Waals surface area contributed by atoms with Gasteiger partial charge in [0.15, 0.2) is 11.2 Å². The Labute approximate surface area is 170 Å². The number of aliphatic hydroxyl groups excluding tert-OH is 1. The number of nitrogens with one attached hydrogen (secondary N) is 3. The number of aromatic amines is 1. The van der Waals surface area contributed by atoms with E-state index in [9.17, 15) is 23.3 Å². The molecule has 3 rings (SSSR count). The minimum absolute atomic E-state index is 0.0267. The number of hydrogen-bond donors (Lipinski definition) is 4. The number of nitrogens with zero attached hydrogens (tertiary/aromatic N) is 1. The summed E-state index contributed by atoms with van der Waals surface area (Å²) in [7, 11) is -4.03. The lowest BCUT2D eigenvalue weighted by Gasteiger charge is -2.15. The van der Waals surface area contributed by atoms with Crippen LogP contribution in [0.5, 0.6) is 5.75 Å². The fraction of sp³-hybridized carbons (Fsp3) is 0.278. The number of non-ortho nitro benzene ring substituents is 1. The van der Waals surface area contributed by atoms with Gasteiger partial charge in [-0.2, -0.15) is 8.42 Å². The Morgan fingerprint density at radius 3 is 2.63 bits per heavy atom. The number of anilines is 1. The van der Waals surface area contributed by atoms with Crippen LogP contribution >= 0.6 is 0 Å². The number of benzene rings is 2. The van der Waals surface area contributed by atoms with Gasteiger partial charge in [0.1, 0.15) is 5.52 Å². The molecule has 0 radical (unpaired) electrons. The molecular weight excluding hydrogens is 416 g/mol. The summed E-state index contributed by atoms with van der Waals surface area (Å²) < 4.78 is 28.4. The van der Waals surface area contributed by atoms with E-state index in [1.54, 1.807) is 24.3 Å². The monoisotopic (exact) mass is 436 g/mol. The Bertz CT molecular complexity index is 1270. The first-order valence-electron chi connectivity index (χ1n) is 8.94. The second-order valence-corrected chi connectivity index (χ2v) is 8.04. The smallest absolute Gasteiger partial charge is 0.306 e. The molecule has 1 heterocycles. The molecule has 12 heteroatoms. The highest BCUT2D eigenvalue weighted by atomic mass is 32.2. The van der Waals surface area contributed by atoms with E-state index >= 15 is 0 Å². The summed E-state index contributed by atoms with van der Waals surface area (Å²) in [6, 6.07) is 7.49. The van der Waals surface area contributed by atoms with Crippen LogP contribution in [-0.2, 0) is 10.1 Å². The molecule has 0 saturated carbocycles. The van der Waals surface area contributed by atoms with Gasteiger partial charge in [0.05, 0.1) is 34.9 Å². The minimum Gasteiger partial charge on any atom is -0.395 e. The molecule has 0 spiro atoms. The lowest BCUT2D eigenvalue weighted by molar-refractivity contribution is -0.383. The van der Waals surface area contributed by atoms with Crippen LogP contribution in [0.15, 0.2) is 35.1 Å². The zero-order chi connectivity index (χ0) is 21.9. The Balaban J connectivity index is 2.30. The molecule has 11 nitrogen and oxygen atoms in total. The summed E-state index contributed by atoms with van der Waals surface area (Å²) in [5, 5.41) is 26.6. The molecule has 0 unspecified atom stereocenters. The van der Waals surface area contributed by atoms with Crippen molar-refractivity contribution in [3.63, 3.8) is 0 Å². The van der Waals surface area contributed by atoms with Gasteiger partial charge in [-0.25, -0.2) is 0 Å². The van der Waals surface area contributed by atoms with Gasteiger partial charge in [0, 0.05) is 30.5 Å². The second kappa shape index (κ2) is 8.65. The maximum Gasteiger partial charge on any atom is 0.306 e. The summed E-state index contributed by atoms with van der Waals surface area (Å²) >= 11 is 0. The topological polar surface area (TPSA) is 164 Å². The van der Waals surface area contributed by atoms with Crippen LogP contribution < -0.4 is 20.2 Å². The Kier molecular flexibility index (Phi) is 6.20. The SMILES string of the molecule is CS(=O)(=O)Oc1cc([N+](=O)[O-])c2[nH]c3ccccc3c(=O)c2c1NCCNCCO. The number of aromatic nitrogens is 1. The lowest BCUT2D eigenvalue weighted by atomic mass is 10.1. The van der Waals surface area contributed by atoms with E-state index in [-0.39, 0.29) is 40.9 Å². The summed E-state index contributed by atoms with van der Waals surface area (Å²) in [4.78, 5) is 27.0. The molecule has 0 aliphatic rings. The third-order valence-electron chi connectivity index (χ3n) is 4.26. The van der Waals surface area contributed by atoms with Crippen LogP contribution in [0, 0.1) is 10.1 Å². The lowest BCUT2D eigenvalue weighted by Crippen LogP contribution is -2.25. The molecule has 160 valence electrons. The van der Waals surface area contributed by atoms with Gasteiger partial charge in [-0.15, -0.1) is 0 Å². The van der Waals surface area contributed by atoms with E-state index in [1.165, 1.54) is 0 Å². The highest BCUT2D eigenvalue weighted by Gasteiger charge is 2.25. The molecule has 1 aromatic heterocycles. The maximum absolute atomic E-state index is 13.2. The van der Waals surface area contributed by atoms with Crippen molar-refractivity contribution >= 4 is 43.3 Å². The number of H-pyrrole nitrogens is 1. The molecule has 0 bridgehead atoms. The average Bonchev–Trinajstić information content (AvgIpc) is 2.67. The Hall–Kier alpha value is -3.22. The molecule has 0 saturated heterocycles. The van der Waals surface area contributed by atoms with Crippen LogP contribution in [0.1, 0.15) is 0 Å². The standard InChI is InChI=1S/C18H20N4O7S/c1-30(27,28)29-14-10-13(22(25)26)16-15(17(14)20-7-6-19-8-9-23)18(24)11-4-2-3-5-12(11)21-16/h2-5,10,19-20,23H,6-9H2,1H3,(H,21,24). The number of fused-ring (bicyclic) bond motifs is 2. The largest absolute Gasteiger partial charge is 0.395 e. The molecule has 0 aliphatic heterocycles. The second-order valence-electron chi connectivity index (χ2n) is 6.46. The van der Waals surface area contributed by atoms with E-state index in [0.717, 1.165) is 12.3 Å². The molecule has 30 heavy (non-hydrogen) atoms. The van der Waals surface area contributed by atoms with E-state index in [4.69, 9.17) is 9.29 Å². The normalized spacial score (nSPS) is 11.7. The molecule has 0 atom stereocenters. The quantitative estimate of drug-likeness (QED) is 0.125. The Morgan fingerprint density at radius 1 is 1.23 bits per heavy atom. The number of pyridine rings is 1. The van der Waals surface area contributed by atoms with Crippen molar-refractivity contribution < 1.29 is 22.6 Å². The van der Waals surface area contributed by atoms with E-state index < -0.39 is 26.2 Å². The number of aliphatic hydroxyl groups is 1. The number of hydrogen-bond acceptors (Lipinski definition) is 9. The van der Waals surface area contributed by atoms with Crippen molar-refractivity contribution in [3.05, 3.63) is 50.7 Å². The molecule has 0 aliphatic carbocycles. The van der Waals surface area contributed by atoms with Gasteiger partial charge in [0.2, 0.25) is 0 Å². The van der Waals surface area contributed by atoms with Crippen LogP contribution in [0.25, 0.3) is 21.8 Å². The van der Waals surface area contributed by atoms with Gasteiger partial charge in [-0.3, -0.25) is 14.9 Å². The van der Waals surface area contributed by atoms with Crippen LogP contribution in [0.2, 0.25) is 0 Å². The number of nitro groups is 1. The summed E-state index contributed by atoms with van der Waals surface area (Å²) in [6.45, 7) is 0.900. The van der Waals surface area contributed by atoms with Crippen molar-refractivity contribution in [1.82, 2.24) is 10.3 Å². The Morgan fingerprint density at radius 2 is 1.97 bits per heavy atom. The van der Waals surface area contributed by atoms with E-state index in [2.05, 4.69) is 15.6 Å². The minimum atomic E-state index is -4.03. The van der Waals surface area contributed by atoms with Crippen molar-refractivity contribution in [3.8, 4) is 5.75 Å². The van der Waals surface area contributed by atoms with Gasteiger partial charge < -0.3 is 24.9 Å². The van der Waals surface area contributed by atoms with Gasteiger partial charge in [-0.1, -0.05) is 12.1 Å². The van der Waals surface area contributed by atoms with E-state index in [1.807, 2.05) is 0 Å². The van der Waals surface area contributed by atoms with Crippen molar-refractivity contribution in [2.75, 3.05) is 37.8 Å². The number of para-hydroxylation sites is 1. The predicted octanol–water partition coefficient (Wildman–Crippen LogP) is 0.922. The van der Waals surface area contributed by atoms with Gasteiger partial charge in [0.25, 0.3) is 5.69 Å². The highest BCUT2D eigenvalue weighted by Crippen LogP contribution is 2.38. The highest BCUT2D eigenvalue weighted by molar-refractivity contribution is 7.86. The zero-order valence-corrected chi connectivity index (χ0v) is 16.8. The zero-order valence-electron chi connectivity index (χ0n) is 16.0. The van der Waals surface area contributed by atoms with Crippen LogP contribution in [-0.4, -0.2) is 55.9 Å². The third kappa shape index (κ3) is 4.50. The van der Waals surface area contributed by atoms with Gasteiger partial charge in [-0.05, 0) is 12.1 Å². The molecule has 0 fully saturated rings. The molecule has 0 amide bonds. The summed E-state index contributed by atoms with van der Waals surface area (Å²) in [5.41, 5.74) is -0.609. The van der Waals surface area contributed by atoms with Gasteiger partial charge >= 0.3 is 10.1 Å². The molecular formula is C18H20N4O7S. The van der Waals surface area contributed by atoms with Crippen molar-refractivity contribution in [1.29, 1.82) is 0 Å². The number of nitro benzene ring substituents is 1. The summed E-state index contributed by atoms with van der Waals surface area (Å²) in [5.74, 6) is -0.348. The van der Waals surface area contributed by atoms with E-state index in [0.29, 0.717) is 18.6 Å². The fourth-order valence-corrected chi connectivity index (χ4v) is 3.54. The first-order chi connectivity index (χ1) is 14.2. The average molecular weight is 436 g/mol. The first-order valence-corrected chi connectivity index (χ1v) is 10.8. The predicted molar refractivity (Wildman–Crippen MR) is 113 cm³/mol. The van der Waals surface area contributed by atoms with Crippen molar-refractivity contribution in [2.24, 2.45) is 0 Å². The fourth-order valence-electron chi connectivity index (χ4n) is 3.09. The maximum atomic E-state index is 13.2. The molecule has 2 aromatic carbocycles. The first kappa shape index (κ1) is 21.5. The van der Waals surface area contributed by atoms with Crippen LogP contribution in [0.3, 0.4) is 0 Å². The van der Waals surface area contributed by atoms with Crippen LogP contribution in [0.4, 0.5) is 11.4 Å². The third-order valence-corrected chi connectivity index (χ3v) is 4.74.